The largest absolute Gasteiger partial charge is 0.494 e. The lowest BCUT2D eigenvalue weighted by Crippen LogP contribution is -2.57. The van der Waals surface area contributed by atoms with Crippen LogP contribution >= 0.6 is 11.8 Å². The van der Waals surface area contributed by atoms with Gasteiger partial charge < -0.3 is 24.5 Å². The highest BCUT2D eigenvalue weighted by molar-refractivity contribution is 8.02. The number of likely N-dealkylation sites (tertiary alicyclic amines) is 1. The fraction of sp³-hybridized carbons (Fsp3) is 0.457. The van der Waals surface area contributed by atoms with Gasteiger partial charge in [0.05, 0.1) is 35.8 Å². The van der Waals surface area contributed by atoms with Gasteiger partial charge in [0.1, 0.15) is 11.8 Å². The maximum Gasteiger partial charge on any atom is 0.251 e. The van der Waals surface area contributed by atoms with Crippen LogP contribution in [0.2, 0.25) is 0 Å². The molecule has 2 saturated heterocycles. The number of amides is 3. The molecule has 6 atom stereocenters. The van der Waals surface area contributed by atoms with Crippen molar-refractivity contribution in [2.24, 2.45) is 11.8 Å². The fourth-order valence-corrected chi connectivity index (χ4v) is 9.97. The Bertz CT molecular complexity index is 1520. The van der Waals surface area contributed by atoms with Crippen LogP contribution < -0.4 is 14.5 Å². The zero-order valence-corrected chi connectivity index (χ0v) is 26.8. The van der Waals surface area contributed by atoms with Crippen molar-refractivity contribution in [3.8, 4) is 5.75 Å². The summed E-state index contributed by atoms with van der Waals surface area (Å²) in [5, 5.41) is 10.5. The second-order valence-corrected chi connectivity index (χ2v) is 14.1. The summed E-state index contributed by atoms with van der Waals surface area (Å²) in [6.07, 6.45) is 8.58. The maximum absolute atomic E-state index is 14.9. The molecule has 9 heteroatoms. The van der Waals surface area contributed by atoms with Crippen molar-refractivity contribution in [1.82, 2.24) is 4.90 Å². The molecule has 2 aromatic carbocycles. The van der Waals surface area contributed by atoms with Crippen LogP contribution in [0.1, 0.15) is 38.3 Å². The van der Waals surface area contributed by atoms with E-state index in [-0.39, 0.29) is 24.3 Å². The number of carbonyl (C=O) groups excluding carboxylic acids is 3. The van der Waals surface area contributed by atoms with E-state index in [0.717, 1.165) is 28.3 Å². The van der Waals surface area contributed by atoms with Gasteiger partial charge >= 0.3 is 0 Å². The molecule has 8 nitrogen and oxygen atoms in total. The Morgan fingerprint density at radius 2 is 1.57 bits per heavy atom. The summed E-state index contributed by atoms with van der Waals surface area (Å²) in [5.41, 5.74) is 3.52. The number of hydrogen-bond acceptors (Lipinski definition) is 6. The van der Waals surface area contributed by atoms with Crippen molar-refractivity contribution in [3.05, 3.63) is 77.9 Å². The summed E-state index contributed by atoms with van der Waals surface area (Å²) in [6.45, 7) is 10.9. The first-order chi connectivity index (χ1) is 21.1. The Balaban J connectivity index is 1.47. The summed E-state index contributed by atoms with van der Waals surface area (Å²) in [4.78, 5) is 49.4. The van der Waals surface area contributed by atoms with Gasteiger partial charge in [-0.05, 0) is 69.5 Å². The Morgan fingerprint density at radius 3 is 2.20 bits per heavy atom. The number of nitrogens with zero attached hydrogens (tertiary/aromatic N) is 3. The average molecular weight is 616 g/mol. The molecule has 0 aromatic heterocycles. The Kier molecular flexibility index (Phi) is 7.91. The first-order valence-corrected chi connectivity index (χ1v) is 16.3. The van der Waals surface area contributed by atoms with E-state index in [4.69, 9.17) is 4.74 Å². The molecule has 0 aliphatic carbocycles. The van der Waals surface area contributed by atoms with E-state index in [1.807, 2.05) is 95.3 Å². The third kappa shape index (κ3) is 4.50. The Morgan fingerprint density at radius 1 is 0.909 bits per heavy atom. The molecule has 0 radical (unpaired) electrons. The number of fused-ring (bicyclic) bond motifs is 2. The van der Waals surface area contributed by atoms with Gasteiger partial charge in [0.15, 0.2) is 0 Å². The van der Waals surface area contributed by atoms with Crippen molar-refractivity contribution in [3.63, 3.8) is 0 Å². The van der Waals surface area contributed by atoms with E-state index in [2.05, 4.69) is 6.08 Å². The van der Waals surface area contributed by atoms with E-state index < -0.39 is 33.4 Å². The van der Waals surface area contributed by atoms with Gasteiger partial charge in [0.25, 0.3) is 5.91 Å². The van der Waals surface area contributed by atoms with Crippen LogP contribution in [0.15, 0.2) is 66.8 Å². The van der Waals surface area contributed by atoms with E-state index in [9.17, 15) is 19.5 Å². The number of thioether (sulfide) groups is 1. The zero-order valence-electron chi connectivity index (χ0n) is 26.0. The molecular formula is C35H41N3O5S. The van der Waals surface area contributed by atoms with Gasteiger partial charge in [0.2, 0.25) is 11.8 Å². The third-order valence-corrected chi connectivity index (χ3v) is 11.5. The smallest absolute Gasteiger partial charge is 0.251 e. The standard InChI is InChI=1S/C35H41N3O5S/c1-6-24(21-39)38-30-33(42)37(29-22(3)11-8-12-23(29)4)20-10-18-35(30)28(32(38)41)27-31(40)36(19-9-17-34(27,5)44-35)25-13-15-26(16-14-25)43-7-2/h8-18,24,27-28,30,39H,6-7,19-21H2,1-5H3/t24-,27+,28-,30?,34-,35-/m0/s1. The second-order valence-electron chi connectivity index (χ2n) is 12.4. The van der Waals surface area contributed by atoms with Gasteiger partial charge in [-0.1, -0.05) is 49.4 Å². The lowest BCUT2D eigenvalue weighted by Gasteiger charge is -2.40. The highest BCUT2D eigenvalue weighted by Crippen LogP contribution is 2.66. The number of hydrogen-bond donors (Lipinski definition) is 1. The molecule has 3 amide bonds. The summed E-state index contributed by atoms with van der Waals surface area (Å²) in [5.74, 6) is -1.32. The van der Waals surface area contributed by atoms with Crippen molar-refractivity contribution in [1.29, 1.82) is 0 Å². The molecule has 2 aromatic rings. The number of ether oxygens (including phenoxy) is 1. The molecule has 44 heavy (non-hydrogen) atoms. The number of aliphatic hydroxyl groups is 1. The van der Waals surface area contributed by atoms with Crippen LogP contribution in [0.4, 0.5) is 11.4 Å². The van der Waals surface area contributed by atoms with Gasteiger partial charge in [-0.2, -0.15) is 0 Å². The van der Waals surface area contributed by atoms with Crippen LogP contribution in [-0.2, 0) is 14.4 Å². The summed E-state index contributed by atoms with van der Waals surface area (Å²) >= 11 is 1.56. The SMILES string of the molecule is CCOc1ccc(N2CC=C[C@]3(C)S[C@]45C=CCN(c6c(C)cccc6C)C(=O)C4N([C@@H](CC)CO)C(=O)[C@@H]5[C@@H]3C2=O)cc1. The predicted octanol–water partition coefficient (Wildman–Crippen LogP) is 4.67. The Hall–Kier alpha value is -3.56. The molecule has 232 valence electrons. The zero-order chi connectivity index (χ0) is 31.4. The molecule has 6 rings (SSSR count). The Labute approximate surface area is 263 Å². The van der Waals surface area contributed by atoms with Crippen LogP contribution in [0.25, 0.3) is 0 Å². The molecule has 4 aliphatic rings. The molecule has 0 bridgehead atoms. The maximum atomic E-state index is 14.9. The van der Waals surface area contributed by atoms with Crippen molar-refractivity contribution >= 4 is 40.9 Å². The van der Waals surface area contributed by atoms with Crippen LogP contribution in [0, 0.1) is 25.7 Å². The quantitative estimate of drug-likeness (QED) is 0.456. The molecule has 2 fully saturated rings. The summed E-state index contributed by atoms with van der Waals surface area (Å²) < 4.78 is 3.91. The number of aliphatic hydroxyl groups excluding tert-OH is 1. The number of para-hydroxylation sites is 1. The third-order valence-electron chi connectivity index (χ3n) is 9.74. The van der Waals surface area contributed by atoms with E-state index in [0.29, 0.717) is 26.1 Å². The van der Waals surface area contributed by atoms with Crippen molar-refractivity contribution in [2.75, 3.05) is 36.1 Å². The van der Waals surface area contributed by atoms with E-state index in [1.165, 1.54) is 0 Å². The fourth-order valence-electron chi connectivity index (χ4n) is 7.82. The van der Waals surface area contributed by atoms with E-state index in [1.54, 1.807) is 26.5 Å². The van der Waals surface area contributed by atoms with Crippen LogP contribution in [0.3, 0.4) is 0 Å². The molecule has 1 spiro atoms. The minimum atomic E-state index is -0.983. The summed E-state index contributed by atoms with van der Waals surface area (Å²) in [7, 11) is 0. The van der Waals surface area contributed by atoms with Gasteiger partial charge in [-0.25, -0.2) is 0 Å². The highest BCUT2D eigenvalue weighted by Gasteiger charge is 2.74. The molecule has 1 unspecified atom stereocenters. The average Bonchev–Trinajstić information content (AvgIpc) is 3.27. The minimum Gasteiger partial charge on any atom is -0.494 e. The molecule has 4 heterocycles. The van der Waals surface area contributed by atoms with Gasteiger partial charge in [-0.3, -0.25) is 14.4 Å². The van der Waals surface area contributed by atoms with Crippen molar-refractivity contribution < 1.29 is 24.2 Å². The monoisotopic (exact) mass is 615 g/mol. The normalized spacial score (nSPS) is 30.2. The van der Waals surface area contributed by atoms with Crippen LogP contribution in [-0.4, -0.2) is 75.6 Å². The first kappa shape index (κ1) is 30.5. The number of benzene rings is 2. The summed E-state index contributed by atoms with van der Waals surface area (Å²) in [6, 6.07) is 12.0. The number of carbonyl (C=O) groups is 3. The van der Waals surface area contributed by atoms with Gasteiger partial charge in [-0.15, -0.1) is 11.8 Å². The number of rotatable bonds is 7. The number of aryl methyl sites for hydroxylation is 2. The van der Waals surface area contributed by atoms with Gasteiger partial charge in [0, 0.05) is 29.2 Å². The first-order valence-electron chi connectivity index (χ1n) is 15.5. The topological polar surface area (TPSA) is 90.4 Å². The predicted molar refractivity (Wildman–Crippen MR) is 174 cm³/mol. The molecule has 0 saturated carbocycles. The minimum absolute atomic E-state index is 0.140. The molecule has 4 aliphatic heterocycles. The second kappa shape index (κ2) is 11.4. The lowest BCUT2D eigenvalue weighted by molar-refractivity contribution is -0.142. The highest BCUT2D eigenvalue weighted by atomic mass is 32.2. The van der Waals surface area contributed by atoms with Crippen molar-refractivity contribution in [2.45, 2.75) is 62.6 Å². The lowest BCUT2D eigenvalue weighted by atomic mass is 9.74. The van der Waals surface area contributed by atoms with E-state index >= 15 is 0 Å². The molecular weight excluding hydrogens is 574 g/mol. The number of anilines is 2. The molecule has 1 N–H and O–H groups in total. The van der Waals surface area contributed by atoms with Crippen LogP contribution in [0.5, 0.6) is 5.75 Å².